The second-order valence-electron chi connectivity index (χ2n) is 10.0. The van der Waals surface area contributed by atoms with E-state index >= 15 is 0 Å². The van der Waals surface area contributed by atoms with Gasteiger partial charge in [-0.1, -0.05) is 79.9 Å². The van der Waals surface area contributed by atoms with Gasteiger partial charge in [-0.2, -0.15) is 0 Å². The van der Waals surface area contributed by atoms with Crippen molar-refractivity contribution in [1.82, 2.24) is 15.5 Å². The van der Waals surface area contributed by atoms with E-state index in [0.29, 0.717) is 29.7 Å². The average molecular weight is 482 g/mol. The number of nitrogens with zero attached hydrogens (tertiary/aromatic N) is 1. The van der Waals surface area contributed by atoms with E-state index in [2.05, 4.69) is 97.2 Å². The molecule has 2 N–H and O–H groups in total. The van der Waals surface area contributed by atoms with Crippen molar-refractivity contribution in [2.75, 3.05) is 14.1 Å². The molecule has 0 spiro atoms. The van der Waals surface area contributed by atoms with Gasteiger partial charge in [0.2, 0.25) is 0 Å². The highest BCUT2D eigenvalue weighted by Gasteiger charge is 2.38. The second-order valence-corrected chi connectivity index (χ2v) is 12.9. The van der Waals surface area contributed by atoms with Crippen LogP contribution in [0.25, 0.3) is 0 Å². The van der Waals surface area contributed by atoms with Crippen molar-refractivity contribution in [1.29, 1.82) is 0 Å². The van der Waals surface area contributed by atoms with E-state index in [1.54, 1.807) is 0 Å². The molecule has 2 aromatic carbocycles. The Balaban J connectivity index is 1.47. The predicted molar refractivity (Wildman–Crippen MR) is 148 cm³/mol. The normalized spacial score (nSPS) is 26.3. The Morgan fingerprint density at radius 3 is 2.09 bits per heavy atom. The molecule has 33 heavy (non-hydrogen) atoms. The lowest BCUT2D eigenvalue weighted by Gasteiger charge is -2.38. The van der Waals surface area contributed by atoms with Crippen molar-refractivity contribution in [2.45, 2.75) is 75.7 Å². The monoisotopic (exact) mass is 481 g/mol. The molecule has 2 unspecified atom stereocenters. The largest absolute Gasteiger partial charge is 0.360 e. The minimum Gasteiger partial charge on any atom is -0.360 e. The van der Waals surface area contributed by atoms with Gasteiger partial charge in [0.25, 0.3) is 0 Å². The van der Waals surface area contributed by atoms with Crippen molar-refractivity contribution in [2.24, 2.45) is 5.92 Å². The summed E-state index contributed by atoms with van der Waals surface area (Å²) in [4.78, 5) is 2.36. The van der Waals surface area contributed by atoms with Gasteiger partial charge in [0, 0.05) is 18.1 Å². The molecule has 2 saturated carbocycles. The van der Waals surface area contributed by atoms with Gasteiger partial charge in [0.05, 0.1) is 0 Å². The van der Waals surface area contributed by atoms with Crippen LogP contribution in [0.5, 0.6) is 0 Å². The van der Waals surface area contributed by atoms with E-state index in [4.69, 9.17) is 12.2 Å². The molecule has 0 heterocycles. The minimum absolute atomic E-state index is 0.372. The molecule has 2 fully saturated rings. The SMILES string of the molecule is C[C@@H](NC(=S)N[C@@H]1CCCC[C@H]1N(C)C)C1CCCC1P(c1ccccc1)c1ccccc1. The number of benzene rings is 2. The van der Waals surface area contributed by atoms with E-state index < -0.39 is 7.92 Å². The van der Waals surface area contributed by atoms with Crippen molar-refractivity contribution < 1.29 is 0 Å². The molecule has 2 aliphatic carbocycles. The van der Waals surface area contributed by atoms with E-state index in [1.165, 1.54) is 55.6 Å². The quantitative estimate of drug-likeness (QED) is 0.429. The Bertz CT molecular complexity index is 836. The fraction of sp³-hybridized carbons (Fsp3) is 0.536. The minimum atomic E-state index is -0.391. The van der Waals surface area contributed by atoms with Gasteiger partial charge in [0.1, 0.15) is 0 Å². The standard InChI is InChI=1S/C28H40N3PS/c1-21(29-28(33)30-25-18-10-11-19-26(25)31(2)3)24-17-12-20-27(24)32(22-13-6-4-7-14-22)23-15-8-5-9-16-23/h4-9,13-16,21,24-27H,10-12,17-20H2,1-3H3,(H2,29,30,33)/t21-,24?,25-,26-,27?/m1/s1. The highest BCUT2D eigenvalue weighted by molar-refractivity contribution is 7.80. The number of nitrogens with one attached hydrogen (secondary N) is 2. The molecular weight excluding hydrogens is 441 g/mol. The molecule has 0 aromatic heterocycles. The lowest BCUT2D eigenvalue weighted by molar-refractivity contribution is 0.189. The summed E-state index contributed by atoms with van der Waals surface area (Å²) in [5.74, 6) is 0.632. The lowest BCUT2D eigenvalue weighted by Crippen LogP contribution is -2.55. The van der Waals surface area contributed by atoms with Gasteiger partial charge in [0.15, 0.2) is 5.11 Å². The molecule has 0 amide bonds. The topological polar surface area (TPSA) is 27.3 Å². The molecule has 0 saturated heterocycles. The molecule has 5 heteroatoms. The molecular formula is C28H40N3PS. The van der Waals surface area contributed by atoms with Gasteiger partial charge >= 0.3 is 0 Å². The third kappa shape index (κ3) is 6.15. The van der Waals surface area contributed by atoms with Crippen molar-refractivity contribution in [3.05, 3.63) is 60.7 Å². The van der Waals surface area contributed by atoms with Gasteiger partial charge in [-0.05, 0) is 89.0 Å². The Labute approximate surface area is 207 Å². The number of thiocarbonyl (C=S) groups is 1. The third-order valence-corrected chi connectivity index (χ3v) is 10.9. The Hall–Kier alpha value is -1.48. The highest BCUT2D eigenvalue weighted by atomic mass is 32.1. The number of hydrogen-bond acceptors (Lipinski definition) is 2. The van der Waals surface area contributed by atoms with Crippen LogP contribution in [0.15, 0.2) is 60.7 Å². The van der Waals surface area contributed by atoms with Crippen molar-refractivity contribution >= 4 is 35.9 Å². The summed E-state index contributed by atoms with van der Waals surface area (Å²) < 4.78 is 0. The van der Waals surface area contributed by atoms with Gasteiger partial charge in [-0.3, -0.25) is 0 Å². The van der Waals surface area contributed by atoms with Crippen LogP contribution in [-0.4, -0.2) is 47.9 Å². The van der Waals surface area contributed by atoms with Crippen LogP contribution in [0.3, 0.4) is 0 Å². The smallest absolute Gasteiger partial charge is 0.166 e. The van der Waals surface area contributed by atoms with Crippen LogP contribution in [-0.2, 0) is 0 Å². The van der Waals surface area contributed by atoms with E-state index in [1.807, 2.05) is 0 Å². The van der Waals surface area contributed by atoms with E-state index in [9.17, 15) is 0 Å². The highest BCUT2D eigenvalue weighted by Crippen LogP contribution is 2.50. The van der Waals surface area contributed by atoms with E-state index in [0.717, 1.165) is 5.11 Å². The fourth-order valence-corrected chi connectivity index (χ4v) is 9.62. The van der Waals surface area contributed by atoms with Crippen LogP contribution in [0, 0.1) is 5.92 Å². The molecule has 4 rings (SSSR count). The second kappa shape index (κ2) is 11.8. The molecule has 2 aromatic rings. The maximum atomic E-state index is 5.84. The first-order valence-corrected chi connectivity index (χ1v) is 14.5. The molecule has 0 aliphatic heterocycles. The zero-order chi connectivity index (χ0) is 23.2. The van der Waals surface area contributed by atoms with E-state index in [-0.39, 0.29) is 0 Å². The first kappa shape index (κ1) is 24.6. The maximum absolute atomic E-state index is 5.84. The maximum Gasteiger partial charge on any atom is 0.166 e. The molecule has 2 aliphatic rings. The van der Waals surface area contributed by atoms with Gasteiger partial charge in [-0.25, -0.2) is 0 Å². The number of likely N-dealkylation sites (N-methyl/N-ethyl adjacent to an activating group) is 1. The van der Waals surface area contributed by atoms with Crippen molar-refractivity contribution in [3.8, 4) is 0 Å². The number of hydrogen-bond donors (Lipinski definition) is 2. The van der Waals surface area contributed by atoms with Crippen LogP contribution in [0.2, 0.25) is 0 Å². The summed E-state index contributed by atoms with van der Waals surface area (Å²) in [6.07, 6.45) is 8.98. The summed E-state index contributed by atoms with van der Waals surface area (Å²) in [6.45, 7) is 2.35. The van der Waals surface area contributed by atoms with Gasteiger partial charge in [-0.15, -0.1) is 0 Å². The Morgan fingerprint density at radius 1 is 0.879 bits per heavy atom. The lowest BCUT2D eigenvalue weighted by atomic mass is 9.89. The van der Waals surface area contributed by atoms with Gasteiger partial charge < -0.3 is 15.5 Å². The molecule has 5 atom stereocenters. The van der Waals surface area contributed by atoms with Crippen LogP contribution in [0.1, 0.15) is 51.9 Å². The van der Waals surface area contributed by atoms with Crippen LogP contribution in [0.4, 0.5) is 0 Å². The first-order chi connectivity index (χ1) is 16.0. The summed E-state index contributed by atoms with van der Waals surface area (Å²) in [5, 5.41) is 11.3. The molecule has 3 nitrogen and oxygen atoms in total. The zero-order valence-electron chi connectivity index (χ0n) is 20.4. The summed E-state index contributed by atoms with van der Waals surface area (Å²) in [7, 11) is 4.00. The predicted octanol–water partition coefficient (Wildman–Crippen LogP) is 5.01. The average Bonchev–Trinajstić information content (AvgIpc) is 3.30. The van der Waals surface area contributed by atoms with Crippen LogP contribution < -0.4 is 21.2 Å². The summed E-state index contributed by atoms with van der Waals surface area (Å²) in [5.41, 5.74) is 0.680. The zero-order valence-corrected chi connectivity index (χ0v) is 22.1. The Kier molecular flexibility index (Phi) is 8.79. The molecule has 0 bridgehead atoms. The number of rotatable bonds is 7. The molecule has 0 radical (unpaired) electrons. The summed E-state index contributed by atoms with van der Waals surface area (Å²) >= 11 is 5.84. The fourth-order valence-electron chi connectivity index (χ4n) is 6.00. The first-order valence-electron chi connectivity index (χ1n) is 12.7. The summed E-state index contributed by atoms with van der Waals surface area (Å²) in [6, 6.07) is 23.8. The Morgan fingerprint density at radius 2 is 1.48 bits per heavy atom. The molecule has 178 valence electrons. The third-order valence-electron chi connectivity index (χ3n) is 7.64. The van der Waals surface area contributed by atoms with Crippen molar-refractivity contribution in [3.63, 3.8) is 0 Å². The van der Waals surface area contributed by atoms with Crippen LogP contribution >= 0.6 is 20.1 Å².